The Morgan fingerprint density at radius 3 is 2.63 bits per heavy atom. The molecule has 1 rings (SSSR count). The number of methoxy groups -OCH3 is 1. The van der Waals surface area contributed by atoms with Crippen LogP contribution in [0.5, 0.6) is 5.88 Å². The lowest BCUT2D eigenvalue weighted by atomic mass is 9.89. The molecule has 0 aliphatic heterocycles. The van der Waals surface area contributed by atoms with E-state index in [0.717, 1.165) is 0 Å². The lowest BCUT2D eigenvalue weighted by Crippen LogP contribution is -2.33. The Balaban J connectivity index is 2.89. The predicted octanol–water partition coefficient (Wildman–Crippen LogP) is 1.82. The van der Waals surface area contributed by atoms with Gasteiger partial charge in [0.15, 0.2) is 0 Å². The van der Waals surface area contributed by atoms with Gasteiger partial charge in [0.1, 0.15) is 0 Å². The number of aliphatic hydroxyl groups excluding tert-OH is 1. The van der Waals surface area contributed by atoms with Crippen LogP contribution in [0.1, 0.15) is 20.8 Å². The summed E-state index contributed by atoms with van der Waals surface area (Å²) in [5, 5.41) is 23.6. The van der Waals surface area contributed by atoms with Gasteiger partial charge in [-0.05, 0) is 5.41 Å². The molecule has 7 nitrogen and oxygen atoms in total. The molecule has 0 fully saturated rings. The number of rotatable bonds is 5. The number of nitro groups is 1. The fourth-order valence-corrected chi connectivity index (χ4v) is 1.32. The van der Waals surface area contributed by atoms with Gasteiger partial charge in [-0.15, -0.1) is 0 Å². The molecule has 0 bridgehead atoms. The number of pyridine rings is 1. The molecule has 7 heteroatoms. The monoisotopic (exact) mass is 269 g/mol. The number of nitrogens with one attached hydrogen (secondary N) is 1. The van der Waals surface area contributed by atoms with E-state index < -0.39 is 11.0 Å². The van der Waals surface area contributed by atoms with E-state index in [1.165, 1.54) is 19.2 Å². The van der Waals surface area contributed by atoms with Crippen LogP contribution in [0.25, 0.3) is 0 Å². The molecule has 0 aliphatic carbocycles. The molecule has 19 heavy (non-hydrogen) atoms. The molecule has 0 aliphatic rings. The summed E-state index contributed by atoms with van der Waals surface area (Å²) in [5.74, 6) is 0.367. The normalized spacial score (nSPS) is 12.9. The van der Waals surface area contributed by atoms with Crippen LogP contribution in [0, 0.1) is 15.5 Å². The van der Waals surface area contributed by atoms with Crippen LogP contribution in [0.2, 0.25) is 0 Å². The number of nitrogens with zero attached hydrogens (tertiary/aromatic N) is 2. The molecular formula is C12H19N3O4. The number of anilines is 1. The standard InChI is InChI=1S/C12H19N3O4/c1-12(2,3)9(16)7-13-11-8(15(17)18)5-6-10(14-11)19-4/h5-6,9,16H,7H2,1-4H3,(H,13,14)/t9-/m1/s1. The van der Waals surface area contributed by atoms with Crippen LogP contribution in [0.15, 0.2) is 12.1 Å². The molecule has 1 atom stereocenters. The topological polar surface area (TPSA) is 97.5 Å². The van der Waals surface area contributed by atoms with Crippen molar-refractivity contribution in [1.29, 1.82) is 0 Å². The minimum atomic E-state index is -0.653. The van der Waals surface area contributed by atoms with Gasteiger partial charge in [-0.25, -0.2) is 0 Å². The Bertz CT molecular complexity index is 457. The largest absolute Gasteiger partial charge is 0.481 e. The third-order valence-electron chi connectivity index (χ3n) is 2.72. The second-order valence-corrected chi connectivity index (χ2v) is 5.24. The van der Waals surface area contributed by atoms with E-state index in [1.807, 2.05) is 20.8 Å². The van der Waals surface area contributed by atoms with Crippen LogP contribution in [0.3, 0.4) is 0 Å². The van der Waals surface area contributed by atoms with E-state index in [-0.39, 0.29) is 29.3 Å². The first-order chi connectivity index (χ1) is 8.75. The Kier molecular flexibility index (Phi) is 4.66. The van der Waals surface area contributed by atoms with Crippen LogP contribution in [-0.2, 0) is 0 Å². The van der Waals surface area contributed by atoms with Gasteiger partial charge in [0, 0.05) is 18.7 Å². The van der Waals surface area contributed by atoms with Gasteiger partial charge in [-0.1, -0.05) is 20.8 Å². The van der Waals surface area contributed by atoms with Crippen LogP contribution in [-0.4, -0.2) is 34.8 Å². The predicted molar refractivity (Wildman–Crippen MR) is 71.4 cm³/mol. The maximum absolute atomic E-state index is 10.9. The summed E-state index contributed by atoms with van der Waals surface area (Å²) in [4.78, 5) is 14.3. The third-order valence-corrected chi connectivity index (χ3v) is 2.72. The van der Waals surface area contributed by atoms with E-state index in [9.17, 15) is 15.2 Å². The second-order valence-electron chi connectivity index (χ2n) is 5.24. The first-order valence-corrected chi connectivity index (χ1v) is 5.87. The van der Waals surface area contributed by atoms with Crippen LogP contribution < -0.4 is 10.1 Å². The smallest absolute Gasteiger partial charge is 0.311 e. The number of hydrogen-bond donors (Lipinski definition) is 2. The quantitative estimate of drug-likeness (QED) is 0.625. The summed E-state index contributed by atoms with van der Waals surface area (Å²) in [6.45, 7) is 5.82. The van der Waals surface area contributed by atoms with Gasteiger partial charge in [0.25, 0.3) is 0 Å². The van der Waals surface area contributed by atoms with E-state index in [0.29, 0.717) is 0 Å². The summed E-state index contributed by atoms with van der Waals surface area (Å²) < 4.78 is 4.93. The highest BCUT2D eigenvalue weighted by Gasteiger charge is 2.23. The van der Waals surface area contributed by atoms with Crippen LogP contribution >= 0.6 is 0 Å². The molecule has 0 aromatic carbocycles. The van der Waals surface area contributed by atoms with Crippen molar-refractivity contribution in [3.05, 3.63) is 22.2 Å². The first-order valence-electron chi connectivity index (χ1n) is 5.87. The summed E-state index contributed by atoms with van der Waals surface area (Å²) in [6.07, 6.45) is -0.653. The molecular weight excluding hydrogens is 250 g/mol. The SMILES string of the molecule is COc1ccc([N+](=O)[O-])c(NC[C@@H](O)C(C)(C)C)n1. The summed E-state index contributed by atoms with van der Waals surface area (Å²) in [6, 6.07) is 2.74. The Morgan fingerprint density at radius 1 is 1.53 bits per heavy atom. The highest BCUT2D eigenvalue weighted by atomic mass is 16.6. The lowest BCUT2D eigenvalue weighted by Gasteiger charge is -2.26. The van der Waals surface area contributed by atoms with Crippen LogP contribution in [0.4, 0.5) is 11.5 Å². The van der Waals surface area contributed by atoms with Crippen molar-refractivity contribution in [3.8, 4) is 5.88 Å². The van der Waals surface area contributed by atoms with Crippen molar-refractivity contribution in [1.82, 2.24) is 4.98 Å². The zero-order chi connectivity index (χ0) is 14.6. The summed E-state index contributed by atoms with van der Waals surface area (Å²) in [7, 11) is 1.43. The van der Waals surface area contributed by atoms with Gasteiger partial charge < -0.3 is 15.2 Å². The average Bonchev–Trinajstić information content (AvgIpc) is 2.33. The Morgan fingerprint density at radius 2 is 2.16 bits per heavy atom. The Labute approximate surface area is 111 Å². The minimum absolute atomic E-state index is 0.0904. The molecule has 1 aromatic heterocycles. The maximum Gasteiger partial charge on any atom is 0.311 e. The highest BCUT2D eigenvalue weighted by Crippen LogP contribution is 2.26. The molecule has 1 heterocycles. The molecule has 0 amide bonds. The van der Waals surface area contributed by atoms with Gasteiger partial charge in [0.2, 0.25) is 11.7 Å². The number of aromatic nitrogens is 1. The minimum Gasteiger partial charge on any atom is -0.481 e. The third kappa shape index (κ3) is 4.06. The molecule has 2 N–H and O–H groups in total. The highest BCUT2D eigenvalue weighted by molar-refractivity contribution is 5.57. The zero-order valence-corrected chi connectivity index (χ0v) is 11.5. The summed E-state index contributed by atoms with van der Waals surface area (Å²) in [5.41, 5.74) is -0.470. The van der Waals surface area contributed by atoms with Crippen molar-refractivity contribution >= 4 is 11.5 Å². The Hall–Kier alpha value is -1.89. The fraction of sp³-hybridized carbons (Fsp3) is 0.583. The molecule has 1 aromatic rings. The summed E-state index contributed by atoms with van der Waals surface area (Å²) >= 11 is 0. The van der Waals surface area contributed by atoms with Crippen molar-refractivity contribution in [2.45, 2.75) is 26.9 Å². The lowest BCUT2D eigenvalue weighted by molar-refractivity contribution is -0.384. The van der Waals surface area contributed by atoms with E-state index >= 15 is 0 Å². The average molecular weight is 269 g/mol. The van der Waals surface area contributed by atoms with E-state index in [2.05, 4.69) is 10.3 Å². The van der Waals surface area contributed by atoms with Gasteiger partial charge >= 0.3 is 5.69 Å². The number of hydrogen-bond acceptors (Lipinski definition) is 6. The second kappa shape index (κ2) is 5.83. The maximum atomic E-state index is 10.9. The molecule has 0 saturated heterocycles. The first kappa shape index (κ1) is 15.2. The number of aliphatic hydroxyl groups is 1. The van der Waals surface area contributed by atoms with Crippen molar-refractivity contribution < 1.29 is 14.8 Å². The molecule has 0 unspecified atom stereocenters. The molecule has 106 valence electrons. The van der Waals surface area contributed by atoms with Crippen molar-refractivity contribution in [2.24, 2.45) is 5.41 Å². The van der Waals surface area contributed by atoms with Gasteiger partial charge in [0.05, 0.1) is 18.1 Å². The zero-order valence-electron chi connectivity index (χ0n) is 11.5. The molecule has 0 saturated carbocycles. The van der Waals surface area contributed by atoms with E-state index in [1.54, 1.807) is 0 Å². The fourth-order valence-electron chi connectivity index (χ4n) is 1.32. The molecule has 0 spiro atoms. The number of ether oxygens (including phenoxy) is 1. The van der Waals surface area contributed by atoms with E-state index in [4.69, 9.17) is 4.74 Å². The van der Waals surface area contributed by atoms with Gasteiger partial charge in [-0.3, -0.25) is 10.1 Å². The van der Waals surface area contributed by atoms with Crippen molar-refractivity contribution in [2.75, 3.05) is 19.0 Å². The van der Waals surface area contributed by atoms with Gasteiger partial charge in [-0.2, -0.15) is 4.98 Å². The molecule has 0 radical (unpaired) electrons. The van der Waals surface area contributed by atoms with Crippen molar-refractivity contribution in [3.63, 3.8) is 0 Å².